The fourth-order valence-corrected chi connectivity index (χ4v) is 6.24. The highest BCUT2D eigenvalue weighted by Gasteiger charge is 2.32. The van der Waals surface area contributed by atoms with E-state index in [0.717, 1.165) is 16.7 Å². The summed E-state index contributed by atoms with van der Waals surface area (Å²) in [6.45, 7) is 2.14. The maximum absolute atomic E-state index is 14.2. The van der Waals surface area contributed by atoms with E-state index in [1.54, 1.807) is 18.6 Å². The third kappa shape index (κ3) is 6.08. The molecule has 5 aromatic rings. The number of amides is 1. The van der Waals surface area contributed by atoms with Crippen LogP contribution in [0.1, 0.15) is 29.7 Å². The quantitative estimate of drug-likeness (QED) is 0.227. The third-order valence-corrected chi connectivity index (χ3v) is 8.46. The van der Waals surface area contributed by atoms with E-state index < -0.39 is 6.04 Å². The molecule has 1 aliphatic rings. The summed E-state index contributed by atoms with van der Waals surface area (Å²) in [5.74, 6) is 0.922. The summed E-state index contributed by atoms with van der Waals surface area (Å²) in [4.78, 5) is 33.2. The van der Waals surface area contributed by atoms with Crippen LogP contribution < -0.4 is 29.7 Å². The van der Waals surface area contributed by atoms with Crippen LogP contribution in [0.3, 0.4) is 0 Å². The molecule has 1 aliphatic heterocycles. The van der Waals surface area contributed by atoms with Gasteiger partial charge >= 0.3 is 0 Å². The summed E-state index contributed by atoms with van der Waals surface area (Å²) in [5, 5.41) is 3.63. The van der Waals surface area contributed by atoms with E-state index in [2.05, 4.69) is 5.32 Å². The minimum absolute atomic E-state index is 0.258. The number of hydrogen-bond acceptors (Lipinski definition) is 6. The van der Waals surface area contributed by atoms with Gasteiger partial charge < -0.3 is 14.8 Å². The van der Waals surface area contributed by atoms with Crippen molar-refractivity contribution in [3.63, 3.8) is 0 Å². The molecule has 1 N–H and O–H groups in total. The zero-order valence-corrected chi connectivity index (χ0v) is 25.6. The number of fused-ring (bicyclic) bond motifs is 1. The number of hydrogen-bond donors (Lipinski definition) is 1. The molecule has 1 aromatic heterocycles. The minimum atomic E-state index is -0.719. The Morgan fingerprint density at radius 2 is 1.75 bits per heavy atom. The average molecular weight is 622 g/mol. The molecule has 44 heavy (non-hydrogen) atoms. The third-order valence-electron chi connectivity index (χ3n) is 7.22. The van der Waals surface area contributed by atoms with Crippen molar-refractivity contribution in [3.8, 4) is 11.5 Å². The highest BCUT2D eigenvalue weighted by Crippen LogP contribution is 2.32. The Bertz CT molecular complexity index is 2050. The molecule has 1 amide bonds. The molecule has 0 bridgehead atoms. The minimum Gasteiger partial charge on any atom is -0.497 e. The molecule has 0 radical (unpaired) electrons. The number of nitrogens with zero attached hydrogens (tertiary/aromatic N) is 2. The van der Waals surface area contributed by atoms with E-state index in [-0.39, 0.29) is 11.5 Å². The fraction of sp³-hybridized carbons (Fsp3) is 0.114. The topological polar surface area (TPSA) is 81.9 Å². The van der Waals surface area contributed by atoms with Crippen LogP contribution in [0.5, 0.6) is 11.5 Å². The number of carbonyl (C=O) groups excluding carboxylic acids is 1. The predicted octanol–water partition coefficient (Wildman–Crippen LogP) is 6.11. The number of anilines is 1. The van der Waals surface area contributed by atoms with Crippen LogP contribution in [0, 0.1) is 0 Å². The molecule has 0 fully saturated rings. The zero-order chi connectivity index (χ0) is 30.6. The maximum atomic E-state index is 14.2. The molecule has 0 saturated carbocycles. The van der Waals surface area contributed by atoms with Gasteiger partial charge in [-0.1, -0.05) is 83.6 Å². The molecular weight excluding hydrogens is 594 g/mol. The highest BCUT2D eigenvalue weighted by atomic mass is 35.5. The summed E-state index contributed by atoms with van der Waals surface area (Å²) in [6, 6.07) is 30.9. The standard InChI is InChI=1S/C35H28ClN3O4S/c1-22-31(33(40)38-27-11-4-3-5-12-27)32(25-10-8-13-28(19-25)42-2)39-34(41)30(44-35(39)37-22)20-24-9-6-7-14-29(24)43-21-23-15-17-26(36)18-16-23/h3-20,32H,21H2,1-2H3,(H,38,40)/b30-20+/t32-/m0/s1. The second kappa shape index (κ2) is 12.8. The van der Waals surface area contributed by atoms with Crippen molar-refractivity contribution in [2.75, 3.05) is 12.4 Å². The van der Waals surface area contributed by atoms with Crippen molar-refractivity contribution in [1.29, 1.82) is 0 Å². The number of methoxy groups -OCH3 is 1. The highest BCUT2D eigenvalue weighted by molar-refractivity contribution is 7.07. The van der Waals surface area contributed by atoms with Crippen LogP contribution in [0.25, 0.3) is 6.08 Å². The Labute approximate surface area is 263 Å². The SMILES string of the molecule is COc1cccc([C@H]2C(C(=O)Nc3ccccc3)=C(C)N=c3s/c(=C/c4ccccc4OCc4ccc(Cl)cc4)c(=O)n32)c1. The molecular formula is C35H28ClN3O4S. The predicted molar refractivity (Wildman–Crippen MR) is 174 cm³/mol. The summed E-state index contributed by atoms with van der Waals surface area (Å²) >= 11 is 7.30. The number of nitrogens with one attached hydrogen (secondary N) is 1. The summed E-state index contributed by atoms with van der Waals surface area (Å²) < 4.78 is 13.7. The van der Waals surface area contributed by atoms with Gasteiger partial charge in [-0.2, -0.15) is 0 Å². The molecule has 4 aromatic carbocycles. The van der Waals surface area contributed by atoms with Crippen LogP contribution in [0.4, 0.5) is 5.69 Å². The Hall–Kier alpha value is -4.92. The van der Waals surface area contributed by atoms with Gasteiger partial charge in [0, 0.05) is 16.3 Å². The van der Waals surface area contributed by atoms with Gasteiger partial charge in [0.05, 0.1) is 29.0 Å². The molecule has 0 spiro atoms. The van der Waals surface area contributed by atoms with E-state index in [9.17, 15) is 9.59 Å². The van der Waals surface area contributed by atoms with Crippen LogP contribution in [-0.4, -0.2) is 17.6 Å². The number of aromatic nitrogens is 1. The maximum Gasteiger partial charge on any atom is 0.271 e. The molecule has 0 saturated heterocycles. The van der Waals surface area contributed by atoms with Gasteiger partial charge in [-0.15, -0.1) is 0 Å². The molecule has 0 aliphatic carbocycles. The summed E-state index contributed by atoms with van der Waals surface area (Å²) in [5.41, 5.74) is 3.76. The lowest BCUT2D eigenvalue weighted by atomic mass is 9.95. The van der Waals surface area contributed by atoms with E-state index in [1.165, 1.54) is 11.3 Å². The van der Waals surface area contributed by atoms with Gasteiger partial charge in [0.2, 0.25) is 0 Å². The van der Waals surface area contributed by atoms with Crippen LogP contribution in [0.2, 0.25) is 5.02 Å². The van der Waals surface area contributed by atoms with E-state index >= 15 is 0 Å². The number of carbonyl (C=O) groups is 1. The first-order valence-corrected chi connectivity index (χ1v) is 15.1. The van der Waals surface area contributed by atoms with Crippen molar-refractivity contribution in [1.82, 2.24) is 4.57 Å². The lowest BCUT2D eigenvalue weighted by molar-refractivity contribution is -0.113. The summed E-state index contributed by atoms with van der Waals surface area (Å²) in [6.07, 6.45) is 1.81. The van der Waals surface area contributed by atoms with Crippen molar-refractivity contribution >= 4 is 40.6 Å². The van der Waals surface area contributed by atoms with Crippen molar-refractivity contribution in [3.05, 3.63) is 156 Å². The molecule has 2 heterocycles. The number of thiazole rings is 1. The molecule has 9 heteroatoms. The van der Waals surface area contributed by atoms with Crippen LogP contribution >= 0.6 is 22.9 Å². The van der Waals surface area contributed by atoms with Gasteiger partial charge in [0.25, 0.3) is 11.5 Å². The van der Waals surface area contributed by atoms with Gasteiger partial charge in [0.1, 0.15) is 18.1 Å². The number of halogens is 1. The Morgan fingerprint density at radius 3 is 2.52 bits per heavy atom. The first-order chi connectivity index (χ1) is 21.4. The second-order valence-electron chi connectivity index (χ2n) is 10.1. The smallest absolute Gasteiger partial charge is 0.271 e. The lowest BCUT2D eigenvalue weighted by Crippen LogP contribution is -2.40. The van der Waals surface area contributed by atoms with Crippen molar-refractivity contribution < 1.29 is 14.3 Å². The van der Waals surface area contributed by atoms with E-state index in [4.69, 9.17) is 26.1 Å². The van der Waals surface area contributed by atoms with Gasteiger partial charge in [-0.3, -0.25) is 14.2 Å². The number of benzene rings is 4. The number of ether oxygens (including phenoxy) is 2. The number of allylic oxidation sites excluding steroid dienone is 1. The first-order valence-electron chi connectivity index (χ1n) is 13.9. The fourth-order valence-electron chi connectivity index (χ4n) is 5.07. The number of rotatable bonds is 8. The van der Waals surface area contributed by atoms with Crippen LogP contribution in [-0.2, 0) is 11.4 Å². The number of para-hydroxylation sites is 2. The zero-order valence-electron chi connectivity index (χ0n) is 24.0. The van der Waals surface area contributed by atoms with Gasteiger partial charge in [0.15, 0.2) is 4.80 Å². The molecule has 0 unspecified atom stereocenters. The van der Waals surface area contributed by atoms with Crippen molar-refractivity contribution in [2.24, 2.45) is 4.99 Å². The molecule has 6 rings (SSSR count). The summed E-state index contributed by atoms with van der Waals surface area (Å²) in [7, 11) is 1.58. The van der Waals surface area contributed by atoms with Crippen LogP contribution in [0.15, 0.2) is 124 Å². The Balaban J connectivity index is 1.43. The largest absolute Gasteiger partial charge is 0.497 e. The second-order valence-corrected chi connectivity index (χ2v) is 11.6. The monoisotopic (exact) mass is 621 g/mol. The van der Waals surface area contributed by atoms with E-state index in [1.807, 2.05) is 109 Å². The molecule has 220 valence electrons. The molecule has 1 atom stereocenters. The van der Waals surface area contributed by atoms with Gasteiger partial charge in [-0.05, 0) is 66.6 Å². The van der Waals surface area contributed by atoms with E-state index in [0.29, 0.717) is 49.4 Å². The Morgan fingerprint density at radius 1 is 1.00 bits per heavy atom. The lowest BCUT2D eigenvalue weighted by Gasteiger charge is -2.25. The normalized spacial score (nSPS) is 14.5. The van der Waals surface area contributed by atoms with Gasteiger partial charge in [-0.25, -0.2) is 4.99 Å². The van der Waals surface area contributed by atoms with Crippen molar-refractivity contribution in [2.45, 2.75) is 19.6 Å². The molecule has 7 nitrogen and oxygen atoms in total. The average Bonchev–Trinajstić information content (AvgIpc) is 3.34. The Kier molecular flexibility index (Phi) is 8.45. The first kappa shape index (κ1) is 29.2.